The van der Waals surface area contributed by atoms with Gasteiger partial charge in [-0.25, -0.2) is 0 Å². The molecule has 2 saturated heterocycles. The van der Waals surface area contributed by atoms with Crippen molar-refractivity contribution < 1.29 is 14.3 Å². The normalized spacial score (nSPS) is 36.8. The third-order valence-electron chi connectivity index (χ3n) is 9.13. The second kappa shape index (κ2) is 15.3. The lowest BCUT2D eigenvalue weighted by molar-refractivity contribution is -0.128. The SMILES string of the molecule is COC1CCC(C2CNC3C(NC4CCC(C(=O)NCCOCCNCCCl)C(C)C4)NCCN23)CC1. The third kappa shape index (κ3) is 8.24. The molecule has 0 aromatic rings. The molecular weight excluding hydrogens is 492 g/mol. The van der Waals surface area contributed by atoms with E-state index in [9.17, 15) is 4.79 Å². The van der Waals surface area contributed by atoms with Crippen LogP contribution in [0.1, 0.15) is 51.9 Å². The number of carbonyl (C=O) groups is 1. The van der Waals surface area contributed by atoms with E-state index < -0.39 is 0 Å². The van der Waals surface area contributed by atoms with Crippen molar-refractivity contribution in [2.45, 2.75) is 82.4 Å². The molecule has 4 aliphatic rings. The minimum absolute atomic E-state index is 0.0930. The number of amides is 1. The van der Waals surface area contributed by atoms with Crippen LogP contribution in [0.4, 0.5) is 0 Å². The zero-order chi connectivity index (χ0) is 26.0. The Kier molecular flexibility index (Phi) is 12.2. The van der Waals surface area contributed by atoms with Gasteiger partial charge in [0, 0.05) is 70.3 Å². The zero-order valence-corrected chi connectivity index (χ0v) is 23.7. The molecule has 1 amide bonds. The van der Waals surface area contributed by atoms with Gasteiger partial charge in [-0.05, 0) is 56.8 Å². The topological polar surface area (TPSA) is 98.9 Å². The van der Waals surface area contributed by atoms with Crippen molar-refractivity contribution in [3.63, 3.8) is 0 Å². The number of halogens is 1. The Hall–Kier alpha value is -0.520. The van der Waals surface area contributed by atoms with Crippen LogP contribution < -0.4 is 26.6 Å². The quantitative estimate of drug-likeness (QED) is 0.174. The number of carbonyl (C=O) groups excluding carboxylic acids is 1. The Labute approximate surface area is 228 Å². The Bertz CT molecular complexity index is 683. The highest BCUT2D eigenvalue weighted by molar-refractivity contribution is 6.18. The summed E-state index contributed by atoms with van der Waals surface area (Å²) in [6.07, 6.45) is 9.04. The van der Waals surface area contributed by atoms with E-state index in [4.69, 9.17) is 21.1 Å². The van der Waals surface area contributed by atoms with Crippen LogP contribution in [0.2, 0.25) is 0 Å². The van der Waals surface area contributed by atoms with Crippen molar-refractivity contribution in [1.82, 2.24) is 31.5 Å². The van der Waals surface area contributed by atoms with Gasteiger partial charge >= 0.3 is 0 Å². The standard InChI is InChI=1S/C27H51ClN6O3/c1-19-17-21(5-8-23(19)27(35)31-13-16-37-15-12-29-10-9-28)33-25-26-32-18-24(34(26)14-11-30-25)20-3-6-22(36-2)7-4-20/h19-26,29-30,32-33H,3-18H2,1-2H3,(H,31,35). The summed E-state index contributed by atoms with van der Waals surface area (Å²) in [5.41, 5.74) is 0. The predicted octanol–water partition coefficient (Wildman–Crippen LogP) is 1.08. The molecule has 5 N–H and O–H groups in total. The fourth-order valence-electron chi connectivity index (χ4n) is 7.06. The number of rotatable bonds is 13. The first-order valence-corrected chi connectivity index (χ1v) is 15.3. The van der Waals surface area contributed by atoms with Gasteiger partial charge in [-0.1, -0.05) is 6.92 Å². The minimum Gasteiger partial charge on any atom is -0.381 e. The number of hydrogen-bond acceptors (Lipinski definition) is 8. The third-order valence-corrected chi connectivity index (χ3v) is 9.32. The highest BCUT2D eigenvalue weighted by Gasteiger charge is 2.44. The second-order valence-corrected chi connectivity index (χ2v) is 11.8. The summed E-state index contributed by atoms with van der Waals surface area (Å²) in [5, 5.41) is 17.8. The van der Waals surface area contributed by atoms with Gasteiger partial charge in [-0.2, -0.15) is 0 Å². The molecule has 4 fully saturated rings. The summed E-state index contributed by atoms with van der Waals surface area (Å²) in [4.78, 5) is 15.5. The number of alkyl halides is 1. The molecule has 2 aliphatic heterocycles. The molecule has 9 nitrogen and oxygen atoms in total. The smallest absolute Gasteiger partial charge is 0.223 e. The van der Waals surface area contributed by atoms with E-state index >= 15 is 0 Å². The number of nitrogens with one attached hydrogen (secondary N) is 5. The molecule has 2 saturated carbocycles. The molecular formula is C27H51ClN6O3. The summed E-state index contributed by atoms with van der Waals surface area (Å²) in [5.74, 6) is 2.02. The summed E-state index contributed by atoms with van der Waals surface area (Å²) < 4.78 is 11.2. The van der Waals surface area contributed by atoms with Crippen LogP contribution in [-0.4, -0.2) is 107 Å². The maximum atomic E-state index is 12.8. The monoisotopic (exact) mass is 542 g/mol. The molecule has 37 heavy (non-hydrogen) atoms. The van der Waals surface area contributed by atoms with Crippen molar-refractivity contribution >= 4 is 17.5 Å². The van der Waals surface area contributed by atoms with E-state index in [1.165, 1.54) is 25.7 Å². The maximum absolute atomic E-state index is 12.8. The molecule has 10 heteroatoms. The Morgan fingerprint density at radius 1 is 1.05 bits per heavy atom. The molecule has 6 atom stereocenters. The van der Waals surface area contributed by atoms with Gasteiger partial charge in [0.2, 0.25) is 5.91 Å². The van der Waals surface area contributed by atoms with Gasteiger partial charge in [0.25, 0.3) is 0 Å². The summed E-state index contributed by atoms with van der Waals surface area (Å²) in [6.45, 7) is 8.80. The predicted molar refractivity (Wildman–Crippen MR) is 148 cm³/mol. The van der Waals surface area contributed by atoms with E-state index in [0.29, 0.717) is 55.9 Å². The van der Waals surface area contributed by atoms with Crippen LogP contribution in [0.3, 0.4) is 0 Å². The van der Waals surface area contributed by atoms with Crippen LogP contribution >= 0.6 is 11.6 Å². The molecule has 0 aromatic heterocycles. The second-order valence-electron chi connectivity index (χ2n) is 11.5. The first kappa shape index (κ1) is 29.5. The summed E-state index contributed by atoms with van der Waals surface area (Å²) in [7, 11) is 1.85. The van der Waals surface area contributed by atoms with Crippen molar-refractivity contribution in [2.24, 2.45) is 17.8 Å². The van der Waals surface area contributed by atoms with Gasteiger partial charge in [0.1, 0.15) is 0 Å². The Morgan fingerprint density at radius 2 is 1.86 bits per heavy atom. The minimum atomic E-state index is 0.0930. The number of piperazine rings is 1. The fraction of sp³-hybridized carbons (Fsp3) is 0.963. The lowest BCUT2D eigenvalue weighted by Gasteiger charge is -2.45. The number of hydrogen-bond donors (Lipinski definition) is 5. The van der Waals surface area contributed by atoms with E-state index in [-0.39, 0.29) is 18.0 Å². The van der Waals surface area contributed by atoms with Crippen LogP contribution in [0.25, 0.3) is 0 Å². The maximum Gasteiger partial charge on any atom is 0.223 e. The molecule has 214 valence electrons. The molecule has 0 aromatic carbocycles. The first-order chi connectivity index (χ1) is 18.1. The number of fused-ring (bicyclic) bond motifs is 1. The van der Waals surface area contributed by atoms with Gasteiger partial charge in [-0.15, -0.1) is 11.6 Å². The van der Waals surface area contributed by atoms with Crippen LogP contribution in [0.5, 0.6) is 0 Å². The first-order valence-electron chi connectivity index (χ1n) is 14.7. The average Bonchev–Trinajstić information content (AvgIpc) is 3.35. The van der Waals surface area contributed by atoms with Gasteiger partial charge < -0.3 is 20.1 Å². The van der Waals surface area contributed by atoms with Crippen molar-refractivity contribution in [2.75, 3.05) is 65.5 Å². The summed E-state index contributed by atoms with van der Waals surface area (Å²) >= 11 is 5.64. The van der Waals surface area contributed by atoms with E-state index in [2.05, 4.69) is 38.4 Å². The van der Waals surface area contributed by atoms with Crippen molar-refractivity contribution in [1.29, 1.82) is 0 Å². The van der Waals surface area contributed by atoms with Gasteiger partial charge in [0.15, 0.2) is 0 Å². The van der Waals surface area contributed by atoms with Crippen LogP contribution in [-0.2, 0) is 14.3 Å². The summed E-state index contributed by atoms with van der Waals surface area (Å²) in [6, 6.07) is 1.08. The number of methoxy groups -OCH3 is 1. The van der Waals surface area contributed by atoms with Gasteiger partial charge in [0.05, 0.1) is 31.6 Å². The Morgan fingerprint density at radius 3 is 2.62 bits per heavy atom. The van der Waals surface area contributed by atoms with Crippen molar-refractivity contribution in [3.05, 3.63) is 0 Å². The lowest BCUT2D eigenvalue weighted by Crippen LogP contribution is -2.67. The molecule has 0 bridgehead atoms. The molecule has 2 heterocycles. The largest absolute Gasteiger partial charge is 0.381 e. The van der Waals surface area contributed by atoms with Crippen LogP contribution in [0, 0.1) is 17.8 Å². The van der Waals surface area contributed by atoms with E-state index in [1.54, 1.807) is 0 Å². The number of nitrogens with zero attached hydrogens (tertiary/aromatic N) is 1. The fourth-order valence-corrected chi connectivity index (χ4v) is 7.19. The molecule has 2 aliphatic carbocycles. The lowest BCUT2D eigenvalue weighted by atomic mass is 9.77. The number of ether oxygens (including phenoxy) is 2. The molecule has 0 spiro atoms. The van der Waals surface area contributed by atoms with Crippen LogP contribution in [0.15, 0.2) is 0 Å². The molecule has 4 rings (SSSR count). The van der Waals surface area contributed by atoms with E-state index in [1.807, 2.05) is 7.11 Å². The highest BCUT2D eigenvalue weighted by atomic mass is 35.5. The van der Waals surface area contributed by atoms with E-state index in [0.717, 1.165) is 57.9 Å². The Balaban J connectivity index is 1.16. The van der Waals surface area contributed by atoms with Crippen molar-refractivity contribution in [3.8, 4) is 0 Å². The van der Waals surface area contributed by atoms with Gasteiger partial charge in [-0.3, -0.25) is 25.6 Å². The molecule has 0 radical (unpaired) electrons. The average molecular weight is 543 g/mol. The highest BCUT2D eigenvalue weighted by Crippen LogP contribution is 2.34. The zero-order valence-electron chi connectivity index (χ0n) is 23.0. The molecule has 6 unspecified atom stereocenters.